The quantitative estimate of drug-likeness (QED) is 0.755. The highest BCUT2D eigenvalue weighted by molar-refractivity contribution is 8.00. The minimum absolute atomic E-state index is 0.219. The number of hydrogen-bond donors (Lipinski definition) is 1. The summed E-state index contributed by atoms with van der Waals surface area (Å²) in [5, 5.41) is 13.9. The van der Waals surface area contributed by atoms with E-state index < -0.39 is 0 Å². The standard InChI is InChI=1S/C14H24N2S/c1-2-9-16-14(10-15,12-7-8-12)11-17-13-5-3-4-6-13/h12-13,16H,2-9,11H2,1H3. The number of hydrogen-bond acceptors (Lipinski definition) is 3. The van der Waals surface area contributed by atoms with E-state index in [-0.39, 0.29) is 5.54 Å². The molecule has 2 aliphatic carbocycles. The second-order valence-electron chi connectivity index (χ2n) is 5.50. The molecule has 1 N–H and O–H groups in total. The molecule has 0 spiro atoms. The molecule has 2 rings (SSSR count). The van der Waals surface area contributed by atoms with Crippen LogP contribution in [0.25, 0.3) is 0 Å². The van der Waals surface area contributed by atoms with Crippen LogP contribution < -0.4 is 5.32 Å². The van der Waals surface area contributed by atoms with Gasteiger partial charge in [-0.05, 0) is 44.6 Å². The third-order valence-corrected chi connectivity index (χ3v) is 5.58. The first-order valence-electron chi connectivity index (χ1n) is 7.08. The molecular weight excluding hydrogens is 228 g/mol. The summed E-state index contributed by atoms with van der Waals surface area (Å²) in [7, 11) is 0. The zero-order valence-corrected chi connectivity index (χ0v) is 11.7. The second kappa shape index (κ2) is 6.11. The van der Waals surface area contributed by atoms with E-state index in [1.165, 1.54) is 38.5 Å². The number of rotatable bonds is 7. The average molecular weight is 252 g/mol. The van der Waals surface area contributed by atoms with Crippen molar-refractivity contribution < 1.29 is 0 Å². The van der Waals surface area contributed by atoms with Crippen molar-refractivity contribution in [2.75, 3.05) is 12.3 Å². The van der Waals surface area contributed by atoms with Crippen LogP contribution in [0.15, 0.2) is 0 Å². The Morgan fingerprint density at radius 3 is 2.53 bits per heavy atom. The Hall–Kier alpha value is -0.200. The van der Waals surface area contributed by atoms with Gasteiger partial charge in [-0.25, -0.2) is 0 Å². The van der Waals surface area contributed by atoms with E-state index in [0.717, 1.165) is 24.0 Å². The van der Waals surface area contributed by atoms with Crippen molar-refractivity contribution in [3.63, 3.8) is 0 Å². The number of nitrogens with one attached hydrogen (secondary N) is 1. The number of thioether (sulfide) groups is 1. The summed E-state index contributed by atoms with van der Waals surface area (Å²) in [5.74, 6) is 1.62. The average Bonchev–Trinajstić information content (AvgIpc) is 3.08. The molecular formula is C14H24N2S. The molecule has 0 heterocycles. The van der Waals surface area contributed by atoms with Gasteiger partial charge in [0.15, 0.2) is 0 Å². The van der Waals surface area contributed by atoms with Crippen LogP contribution in [0.4, 0.5) is 0 Å². The van der Waals surface area contributed by atoms with E-state index in [1.807, 2.05) is 11.8 Å². The molecule has 2 fully saturated rings. The summed E-state index contributed by atoms with van der Waals surface area (Å²) >= 11 is 2.05. The topological polar surface area (TPSA) is 35.8 Å². The molecule has 0 amide bonds. The van der Waals surface area contributed by atoms with E-state index >= 15 is 0 Å². The fourth-order valence-corrected chi connectivity index (χ4v) is 4.27. The zero-order valence-electron chi connectivity index (χ0n) is 10.9. The largest absolute Gasteiger partial charge is 0.298 e. The van der Waals surface area contributed by atoms with Gasteiger partial charge in [0.25, 0.3) is 0 Å². The lowest BCUT2D eigenvalue weighted by Crippen LogP contribution is -2.49. The van der Waals surface area contributed by atoms with Crippen molar-refractivity contribution in [1.82, 2.24) is 5.32 Å². The minimum Gasteiger partial charge on any atom is -0.298 e. The van der Waals surface area contributed by atoms with Gasteiger partial charge in [0.05, 0.1) is 6.07 Å². The lowest BCUT2D eigenvalue weighted by molar-refractivity contribution is 0.405. The molecule has 17 heavy (non-hydrogen) atoms. The van der Waals surface area contributed by atoms with Crippen LogP contribution in [-0.4, -0.2) is 23.1 Å². The van der Waals surface area contributed by atoms with Gasteiger partial charge >= 0.3 is 0 Å². The van der Waals surface area contributed by atoms with Crippen LogP contribution in [0.1, 0.15) is 51.9 Å². The molecule has 0 bridgehead atoms. The lowest BCUT2D eigenvalue weighted by atomic mass is 9.97. The third-order valence-electron chi connectivity index (χ3n) is 4.01. The molecule has 0 radical (unpaired) electrons. The van der Waals surface area contributed by atoms with E-state index in [2.05, 4.69) is 18.3 Å². The van der Waals surface area contributed by atoms with Crippen molar-refractivity contribution in [2.45, 2.75) is 62.7 Å². The maximum Gasteiger partial charge on any atom is 0.118 e. The van der Waals surface area contributed by atoms with Crippen LogP contribution >= 0.6 is 11.8 Å². The first kappa shape index (κ1) is 13.2. The smallest absolute Gasteiger partial charge is 0.118 e. The normalized spacial score (nSPS) is 24.5. The highest BCUT2D eigenvalue weighted by Crippen LogP contribution is 2.43. The monoisotopic (exact) mass is 252 g/mol. The third kappa shape index (κ3) is 3.39. The molecule has 0 aromatic rings. The maximum atomic E-state index is 9.56. The van der Waals surface area contributed by atoms with Gasteiger partial charge in [-0.2, -0.15) is 17.0 Å². The van der Waals surface area contributed by atoms with Crippen molar-refractivity contribution >= 4 is 11.8 Å². The zero-order chi connectivity index (χ0) is 12.1. The fraction of sp³-hybridized carbons (Fsp3) is 0.929. The Morgan fingerprint density at radius 1 is 1.29 bits per heavy atom. The van der Waals surface area contributed by atoms with Gasteiger partial charge in [-0.1, -0.05) is 19.8 Å². The Bertz CT molecular complexity index is 276. The molecule has 0 aliphatic heterocycles. The van der Waals surface area contributed by atoms with Crippen LogP contribution in [0.2, 0.25) is 0 Å². The fourth-order valence-electron chi connectivity index (χ4n) is 2.70. The molecule has 1 atom stereocenters. The molecule has 1 unspecified atom stereocenters. The van der Waals surface area contributed by atoms with Crippen molar-refractivity contribution in [2.24, 2.45) is 5.92 Å². The Kier molecular flexibility index (Phi) is 4.76. The molecule has 0 saturated heterocycles. The van der Waals surface area contributed by atoms with Gasteiger partial charge < -0.3 is 0 Å². The van der Waals surface area contributed by atoms with Crippen molar-refractivity contribution in [3.8, 4) is 6.07 Å². The summed E-state index contributed by atoms with van der Waals surface area (Å²) in [6, 6.07) is 2.60. The van der Waals surface area contributed by atoms with Crippen molar-refractivity contribution in [3.05, 3.63) is 0 Å². The molecule has 0 aromatic heterocycles. The maximum absolute atomic E-state index is 9.56. The van der Waals surface area contributed by atoms with Crippen LogP contribution in [0, 0.1) is 17.2 Å². The second-order valence-corrected chi connectivity index (χ2v) is 6.79. The van der Waals surface area contributed by atoms with E-state index in [1.54, 1.807) is 0 Å². The molecule has 2 saturated carbocycles. The molecule has 3 heteroatoms. The Labute approximate surface area is 110 Å². The molecule has 96 valence electrons. The van der Waals surface area contributed by atoms with Crippen LogP contribution in [-0.2, 0) is 0 Å². The van der Waals surface area contributed by atoms with Gasteiger partial charge in [0, 0.05) is 11.0 Å². The summed E-state index contributed by atoms with van der Waals surface area (Å²) in [4.78, 5) is 0. The summed E-state index contributed by atoms with van der Waals surface area (Å²) in [5.41, 5.74) is -0.219. The molecule has 2 nitrogen and oxygen atoms in total. The summed E-state index contributed by atoms with van der Waals surface area (Å²) in [6.07, 6.45) is 9.12. The highest BCUT2D eigenvalue weighted by Gasteiger charge is 2.45. The molecule has 0 aromatic carbocycles. The van der Waals surface area contributed by atoms with Gasteiger partial charge in [-0.15, -0.1) is 0 Å². The first-order valence-corrected chi connectivity index (χ1v) is 8.13. The summed E-state index contributed by atoms with van der Waals surface area (Å²) < 4.78 is 0. The first-order chi connectivity index (χ1) is 8.30. The predicted molar refractivity (Wildman–Crippen MR) is 74.1 cm³/mol. The van der Waals surface area contributed by atoms with Gasteiger partial charge in [-0.3, -0.25) is 5.32 Å². The van der Waals surface area contributed by atoms with Gasteiger partial charge in [0.1, 0.15) is 5.54 Å². The lowest BCUT2D eigenvalue weighted by Gasteiger charge is -2.28. The van der Waals surface area contributed by atoms with Crippen LogP contribution in [0.5, 0.6) is 0 Å². The van der Waals surface area contributed by atoms with E-state index in [4.69, 9.17) is 0 Å². The Morgan fingerprint density at radius 2 is 2.00 bits per heavy atom. The predicted octanol–water partition coefficient (Wildman–Crippen LogP) is 3.33. The van der Waals surface area contributed by atoms with Gasteiger partial charge in [0.2, 0.25) is 0 Å². The minimum atomic E-state index is -0.219. The van der Waals surface area contributed by atoms with Crippen molar-refractivity contribution in [1.29, 1.82) is 5.26 Å². The number of nitrogens with zero attached hydrogens (tertiary/aromatic N) is 1. The van der Waals surface area contributed by atoms with E-state index in [0.29, 0.717) is 5.92 Å². The summed E-state index contributed by atoms with van der Waals surface area (Å²) in [6.45, 7) is 3.15. The molecule has 2 aliphatic rings. The Balaban J connectivity index is 1.87. The van der Waals surface area contributed by atoms with E-state index in [9.17, 15) is 5.26 Å². The number of nitriles is 1. The van der Waals surface area contributed by atoms with Crippen LogP contribution in [0.3, 0.4) is 0 Å². The highest BCUT2D eigenvalue weighted by atomic mass is 32.2. The SMILES string of the molecule is CCCNC(C#N)(CSC1CCCC1)C1CC1.